The van der Waals surface area contributed by atoms with Crippen molar-refractivity contribution >= 4 is 5.91 Å². The Morgan fingerprint density at radius 3 is 2.60 bits per heavy atom. The summed E-state index contributed by atoms with van der Waals surface area (Å²) in [6.45, 7) is 4.04. The van der Waals surface area contributed by atoms with Gasteiger partial charge in [-0.2, -0.15) is 10.2 Å². The van der Waals surface area contributed by atoms with Gasteiger partial charge in [-0.25, -0.2) is 4.68 Å². The summed E-state index contributed by atoms with van der Waals surface area (Å²) in [5.74, 6) is 0.159. The molecule has 1 aromatic carbocycles. The van der Waals surface area contributed by atoms with Crippen LogP contribution in [0.1, 0.15) is 35.4 Å². The van der Waals surface area contributed by atoms with Crippen LogP contribution in [0.5, 0.6) is 0 Å². The molecule has 1 amide bonds. The molecular formula is C23H27N5O2. The highest BCUT2D eigenvalue weighted by atomic mass is 16.5. The lowest BCUT2D eigenvalue weighted by atomic mass is 9.83. The molecule has 3 aromatic rings. The molecule has 5 rings (SSSR count). The van der Waals surface area contributed by atoms with Crippen LogP contribution in [0.25, 0.3) is 5.69 Å². The lowest BCUT2D eigenvalue weighted by molar-refractivity contribution is -0.140. The van der Waals surface area contributed by atoms with Crippen LogP contribution in [0.4, 0.5) is 0 Å². The predicted octanol–water partition coefficient (Wildman–Crippen LogP) is 2.55. The number of rotatable bonds is 3. The molecule has 2 aliphatic rings. The van der Waals surface area contributed by atoms with E-state index in [9.17, 15) is 4.79 Å². The van der Waals surface area contributed by atoms with E-state index in [1.807, 2.05) is 47.9 Å². The molecule has 156 valence electrons. The van der Waals surface area contributed by atoms with Crippen molar-refractivity contribution in [1.29, 1.82) is 0 Å². The molecule has 0 aliphatic carbocycles. The number of aromatic nitrogens is 4. The summed E-state index contributed by atoms with van der Waals surface area (Å²) >= 11 is 0. The SMILES string of the molecule is Cc1nn(C)cc1CC(=O)N1CCC2(CC1)OCCc1cn(-c3ccccc3)nc12. The van der Waals surface area contributed by atoms with Gasteiger partial charge in [-0.15, -0.1) is 0 Å². The molecule has 1 fully saturated rings. The number of ether oxygens (including phenoxy) is 1. The third kappa shape index (κ3) is 3.33. The van der Waals surface area contributed by atoms with Crippen molar-refractivity contribution in [3.8, 4) is 5.69 Å². The first-order valence-corrected chi connectivity index (χ1v) is 10.6. The van der Waals surface area contributed by atoms with Gasteiger partial charge in [0.05, 0.1) is 30.1 Å². The number of fused-ring (bicyclic) bond motifs is 2. The number of nitrogens with zero attached hydrogens (tertiary/aromatic N) is 5. The van der Waals surface area contributed by atoms with Crippen LogP contribution in [0.15, 0.2) is 42.7 Å². The second kappa shape index (κ2) is 7.40. The van der Waals surface area contributed by atoms with E-state index < -0.39 is 0 Å². The van der Waals surface area contributed by atoms with Crippen molar-refractivity contribution in [2.45, 2.75) is 38.2 Å². The van der Waals surface area contributed by atoms with Gasteiger partial charge in [-0.3, -0.25) is 9.48 Å². The van der Waals surface area contributed by atoms with Crippen LogP contribution in [-0.4, -0.2) is 50.1 Å². The third-order valence-corrected chi connectivity index (χ3v) is 6.37. The van der Waals surface area contributed by atoms with Crippen LogP contribution >= 0.6 is 0 Å². The fourth-order valence-electron chi connectivity index (χ4n) is 4.71. The van der Waals surface area contributed by atoms with Crippen molar-refractivity contribution in [3.63, 3.8) is 0 Å². The molecule has 0 unspecified atom stereocenters. The molecule has 0 radical (unpaired) electrons. The number of hydrogen-bond donors (Lipinski definition) is 0. The molecule has 2 aromatic heterocycles. The molecule has 1 spiro atoms. The fourth-order valence-corrected chi connectivity index (χ4v) is 4.71. The summed E-state index contributed by atoms with van der Waals surface area (Å²) in [7, 11) is 1.89. The average molecular weight is 406 g/mol. The average Bonchev–Trinajstić information content (AvgIpc) is 3.33. The zero-order valence-corrected chi connectivity index (χ0v) is 17.5. The third-order valence-electron chi connectivity index (χ3n) is 6.37. The van der Waals surface area contributed by atoms with Gasteiger partial charge in [0.25, 0.3) is 0 Å². The van der Waals surface area contributed by atoms with Gasteiger partial charge in [0.15, 0.2) is 0 Å². The number of carbonyl (C=O) groups is 1. The van der Waals surface area contributed by atoms with Crippen molar-refractivity contribution in [2.24, 2.45) is 7.05 Å². The van der Waals surface area contributed by atoms with Crippen LogP contribution in [0.2, 0.25) is 0 Å². The maximum Gasteiger partial charge on any atom is 0.227 e. The Bertz CT molecular complexity index is 1060. The van der Waals surface area contributed by atoms with Crippen LogP contribution in [0, 0.1) is 6.92 Å². The van der Waals surface area contributed by atoms with Crippen LogP contribution in [-0.2, 0) is 35.0 Å². The maximum absolute atomic E-state index is 12.9. The van der Waals surface area contributed by atoms with E-state index in [0.717, 1.165) is 41.9 Å². The molecule has 7 nitrogen and oxygen atoms in total. The smallest absolute Gasteiger partial charge is 0.227 e. The summed E-state index contributed by atoms with van der Waals surface area (Å²) in [5, 5.41) is 9.27. The van der Waals surface area contributed by atoms with Crippen molar-refractivity contribution in [2.75, 3.05) is 19.7 Å². The number of piperidine rings is 1. The summed E-state index contributed by atoms with van der Waals surface area (Å²) in [6, 6.07) is 10.2. The van der Waals surface area contributed by atoms with E-state index >= 15 is 0 Å². The molecule has 0 saturated carbocycles. The van der Waals surface area contributed by atoms with E-state index in [1.54, 1.807) is 4.68 Å². The van der Waals surface area contributed by atoms with E-state index in [2.05, 4.69) is 23.4 Å². The van der Waals surface area contributed by atoms with E-state index in [4.69, 9.17) is 9.84 Å². The molecule has 4 heterocycles. The largest absolute Gasteiger partial charge is 0.368 e. The van der Waals surface area contributed by atoms with E-state index in [1.165, 1.54) is 5.56 Å². The minimum Gasteiger partial charge on any atom is -0.368 e. The Balaban J connectivity index is 1.32. The van der Waals surface area contributed by atoms with Crippen molar-refractivity contribution < 1.29 is 9.53 Å². The zero-order valence-electron chi connectivity index (χ0n) is 17.5. The molecular weight excluding hydrogens is 378 g/mol. The molecule has 0 N–H and O–H groups in total. The number of aryl methyl sites for hydroxylation is 2. The summed E-state index contributed by atoms with van der Waals surface area (Å²) in [5.41, 5.74) is 4.91. The van der Waals surface area contributed by atoms with Gasteiger partial charge in [0, 0.05) is 38.1 Å². The molecule has 0 atom stereocenters. The second-order valence-electron chi connectivity index (χ2n) is 8.35. The minimum absolute atomic E-state index is 0.159. The Labute approximate surface area is 176 Å². The number of para-hydroxylation sites is 1. The minimum atomic E-state index is -0.380. The lowest BCUT2D eigenvalue weighted by Crippen LogP contribution is -2.48. The Morgan fingerprint density at radius 1 is 1.13 bits per heavy atom. The van der Waals surface area contributed by atoms with Gasteiger partial charge in [-0.1, -0.05) is 18.2 Å². The molecule has 2 aliphatic heterocycles. The first kappa shape index (κ1) is 19.1. The number of hydrogen-bond acceptors (Lipinski definition) is 4. The highest BCUT2D eigenvalue weighted by Crippen LogP contribution is 2.41. The van der Waals surface area contributed by atoms with Gasteiger partial charge in [-0.05, 0) is 43.9 Å². The fraction of sp³-hybridized carbons (Fsp3) is 0.435. The van der Waals surface area contributed by atoms with Crippen molar-refractivity contribution in [3.05, 3.63) is 65.2 Å². The van der Waals surface area contributed by atoms with Crippen LogP contribution < -0.4 is 0 Å². The van der Waals surface area contributed by atoms with Gasteiger partial charge >= 0.3 is 0 Å². The molecule has 7 heteroatoms. The zero-order chi connectivity index (χ0) is 20.7. The molecule has 30 heavy (non-hydrogen) atoms. The van der Waals surface area contributed by atoms with Gasteiger partial charge in [0.2, 0.25) is 5.91 Å². The number of amides is 1. The normalized spacial score (nSPS) is 17.9. The topological polar surface area (TPSA) is 65.2 Å². The maximum atomic E-state index is 12.9. The van der Waals surface area contributed by atoms with Crippen LogP contribution in [0.3, 0.4) is 0 Å². The summed E-state index contributed by atoms with van der Waals surface area (Å²) in [4.78, 5) is 14.8. The van der Waals surface area contributed by atoms with E-state index in [-0.39, 0.29) is 11.5 Å². The first-order valence-electron chi connectivity index (χ1n) is 10.6. The first-order chi connectivity index (χ1) is 14.5. The Kier molecular flexibility index (Phi) is 4.70. The van der Waals surface area contributed by atoms with Crippen molar-refractivity contribution in [1.82, 2.24) is 24.5 Å². The van der Waals surface area contributed by atoms with E-state index in [0.29, 0.717) is 26.1 Å². The Hall–Kier alpha value is -2.93. The number of likely N-dealkylation sites (tertiary alicyclic amines) is 1. The highest BCUT2D eigenvalue weighted by Gasteiger charge is 2.44. The second-order valence-corrected chi connectivity index (χ2v) is 8.35. The van der Waals surface area contributed by atoms with Gasteiger partial charge in [0.1, 0.15) is 5.60 Å². The standard InChI is InChI=1S/C23H27N5O2/c1-17-19(15-26(2)24-17)14-21(29)27-11-9-23(10-12-27)22-18(8-13-30-23)16-28(25-22)20-6-4-3-5-7-20/h3-7,15-16H,8-14H2,1-2H3. The Morgan fingerprint density at radius 2 is 1.90 bits per heavy atom. The monoisotopic (exact) mass is 405 g/mol. The number of benzene rings is 1. The highest BCUT2D eigenvalue weighted by molar-refractivity contribution is 5.79. The summed E-state index contributed by atoms with van der Waals surface area (Å²) < 4.78 is 10.1. The lowest BCUT2D eigenvalue weighted by Gasteiger charge is -2.43. The predicted molar refractivity (Wildman–Crippen MR) is 112 cm³/mol. The molecule has 1 saturated heterocycles. The summed E-state index contributed by atoms with van der Waals surface area (Å²) in [6.07, 6.45) is 6.92. The molecule has 0 bridgehead atoms. The quantitative estimate of drug-likeness (QED) is 0.672. The van der Waals surface area contributed by atoms with Gasteiger partial charge < -0.3 is 9.64 Å². The number of carbonyl (C=O) groups excluding carboxylic acids is 1.